The first kappa shape index (κ1) is 54.3. The second kappa shape index (κ2) is 25.4. The molecule has 6 atom stereocenters. The molecule has 72 heavy (non-hydrogen) atoms. The number of hydrogen-bond acceptors (Lipinski definition) is 13. The summed E-state index contributed by atoms with van der Waals surface area (Å²) in [6.45, 7) is 9.24. The summed E-state index contributed by atoms with van der Waals surface area (Å²) in [6, 6.07) is 5.80. The van der Waals surface area contributed by atoms with Crippen LogP contribution < -0.4 is 21.3 Å². The fourth-order valence-corrected chi connectivity index (χ4v) is 10.7. The van der Waals surface area contributed by atoms with Gasteiger partial charge in [-0.05, 0) is 109 Å². The minimum absolute atomic E-state index is 0.0505. The lowest BCUT2D eigenvalue weighted by atomic mass is 9.82. The number of aromatic nitrogens is 3. The maximum Gasteiger partial charge on any atom is 0.416 e. The summed E-state index contributed by atoms with van der Waals surface area (Å²) < 4.78 is 57.6. The molecule has 2 saturated heterocycles. The number of carbonyl (C=O) groups is 5. The van der Waals surface area contributed by atoms with Gasteiger partial charge in [-0.2, -0.15) is 13.2 Å². The van der Waals surface area contributed by atoms with Gasteiger partial charge in [0.05, 0.1) is 74.8 Å². The van der Waals surface area contributed by atoms with E-state index in [1.807, 2.05) is 17.9 Å². The van der Waals surface area contributed by atoms with Gasteiger partial charge in [0, 0.05) is 74.3 Å². The third-order valence-corrected chi connectivity index (χ3v) is 14.8. The molecule has 2 aliphatic heterocycles. The van der Waals surface area contributed by atoms with E-state index in [4.69, 9.17) is 14.2 Å². The van der Waals surface area contributed by atoms with Crippen LogP contribution in [0, 0.1) is 11.8 Å². The second-order valence-corrected chi connectivity index (χ2v) is 19.6. The van der Waals surface area contributed by atoms with Crippen molar-refractivity contribution < 1.29 is 51.4 Å². The van der Waals surface area contributed by atoms with Crippen LogP contribution in [0.3, 0.4) is 0 Å². The molecule has 3 aromatic rings. The molecule has 4 N–H and O–H groups in total. The van der Waals surface area contributed by atoms with Gasteiger partial charge in [-0.1, -0.05) is 6.07 Å². The van der Waals surface area contributed by atoms with E-state index in [1.165, 1.54) is 12.4 Å². The Balaban J connectivity index is 0.773. The number of likely N-dealkylation sites (tertiary alicyclic amines) is 2. The average Bonchev–Trinajstić information content (AvgIpc) is 3.91. The predicted molar refractivity (Wildman–Crippen MR) is 261 cm³/mol. The van der Waals surface area contributed by atoms with Gasteiger partial charge in [0.25, 0.3) is 0 Å². The zero-order chi connectivity index (χ0) is 51.4. The average molecular weight is 1010 g/mol. The first-order chi connectivity index (χ1) is 34.6. The number of pyridine rings is 1. The quantitative estimate of drug-likeness (QED) is 0.0956. The van der Waals surface area contributed by atoms with Gasteiger partial charge in [0.1, 0.15) is 18.2 Å². The van der Waals surface area contributed by atoms with Crippen molar-refractivity contribution in [2.75, 3.05) is 71.6 Å². The van der Waals surface area contributed by atoms with Crippen molar-refractivity contribution in [2.45, 2.75) is 133 Å². The van der Waals surface area contributed by atoms with Crippen LogP contribution in [0.2, 0.25) is 0 Å². The van der Waals surface area contributed by atoms with Crippen molar-refractivity contribution in [3.8, 4) is 0 Å². The zero-order valence-electron chi connectivity index (χ0n) is 41.8. The highest BCUT2D eigenvalue weighted by Crippen LogP contribution is 2.38. The standard InChI is InChI=1S/C51H71F3N10O8/c1-5-63-45(66)29-39(46(63)34-7-6-18-55-30-34)49(68)56-19-22-71-24-26-72-25-23-70-21-17-44(65)59-36-11-8-33(9-12-36)48(67)61-42-28-37(62(4)32(2)3)13-15-43(42)64-20-16-41(50(64)69)60-47-38-27-35(51(52,53)54)10-14-40(38)57-31-58-47/h6-7,10,14,18,27,30-33,36-37,39,41-43,46H,5,8-9,11-13,15-17,19-26,28-29H2,1-4H3,(H,56,68)(H,59,65)(H,61,67)(H,57,58,60)/t33-,36+,37-,39+,41+,42-,43+,46-/m1/s1. The number of nitrogens with zero attached hydrogens (tertiary/aromatic N) is 6. The van der Waals surface area contributed by atoms with Crippen molar-refractivity contribution in [3.63, 3.8) is 0 Å². The largest absolute Gasteiger partial charge is 0.416 e. The van der Waals surface area contributed by atoms with Crippen molar-refractivity contribution in [1.82, 2.24) is 45.6 Å². The van der Waals surface area contributed by atoms with Crippen LogP contribution in [-0.2, 0) is 44.4 Å². The number of amides is 5. The Morgan fingerprint density at radius 1 is 0.889 bits per heavy atom. The van der Waals surface area contributed by atoms with E-state index in [0.29, 0.717) is 103 Å². The number of halogens is 3. The molecular weight excluding hydrogens is 938 g/mol. The Bertz CT molecular complexity index is 2300. The molecule has 18 nitrogen and oxygen atoms in total. The smallest absolute Gasteiger partial charge is 0.379 e. The summed E-state index contributed by atoms with van der Waals surface area (Å²) in [4.78, 5) is 84.8. The molecule has 4 heterocycles. The van der Waals surface area contributed by atoms with Crippen LogP contribution >= 0.6 is 0 Å². The number of alkyl halides is 3. The zero-order valence-corrected chi connectivity index (χ0v) is 41.8. The van der Waals surface area contributed by atoms with Crippen molar-refractivity contribution in [1.29, 1.82) is 0 Å². The first-order valence-corrected chi connectivity index (χ1v) is 25.5. The van der Waals surface area contributed by atoms with Gasteiger partial charge < -0.3 is 50.2 Å². The SMILES string of the molecule is CCN1C(=O)C[C@H](C(=O)NCCOCCOCCOCCC(=O)N[C@H]2CC[C@@H](C(=O)N[C@@H]3C[C@H](N(C)C(C)C)CC[C@@H]3N3CC[C@H](Nc4ncnc5ccc(C(F)(F)F)cc45)C3=O)CC2)[C@H]1c1cccnc1. The Morgan fingerprint density at radius 3 is 2.32 bits per heavy atom. The minimum Gasteiger partial charge on any atom is -0.379 e. The molecule has 21 heteroatoms. The monoisotopic (exact) mass is 1010 g/mol. The molecule has 0 radical (unpaired) electrons. The number of rotatable bonds is 23. The summed E-state index contributed by atoms with van der Waals surface area (Å²) >= 11 is 0. The molecule has 2 saturated carbocycles. The summed E-state index contributed by atoms with van der Waals surface area (Å²) in [5.74, 6) is -1.17. The summed E-state index contributed by atoms with van der Waals surface area (Å²) in [7, 11) is 2.08. The Labute approximate surface area is 419 Å². The van der Waals surface area contributed by atoms with E-state index in [2.05, 4.69) is 62.0 Å². The lowest BCUT2D eigenvalue weighted by Gasteiger charge is -2.45. The predicted octanol–water partition coefficient (Wildman–Crippen LogP) is 4.64. The third-order valence-electron chi connectivity index (χ3n) is 14.8. The van der Waals surface area contributed by atoms with Crippen LogP contribution in [0.1, 0.15) is 102 Å². The van der Waals surface area contributed by atoms with E-state index >= 15 is 0 Å². The summed E-state index contributed by atoms with van der Waals surface area (Å²) in [5.41, 5.74) is 0.341. The fraction of sp³-hybridized carbons (Fsp3) is 0.647. The molecular formula is C51H71F3N10O8. The number of hydrogen-bond donors (Lipinski definition) is 4. The molecule has 4 fully saturated rings. The molecule has 0 bridgehead atoms. The molecule has 2 aromatic heterocycles. The van der Waals surface area contributed by atoms with Gasteiger partial charge in [0.2, 0.25) is 29.5 Å². The van der Waals surface area contributed by atoms with Crippen LogP contribution in [0.5, 0.6) is 0 Å². The first-order valence-electron chi connectivity index (χ1n) is 25.5. The Morgan fingerprint density at radius 2 is 1.62 bits per heavy atom. The van der Waals surface area contributed by atoms with Crippen LogP contribution in [0.4, 0.5) is 19.0 Å². The highest BCUT2D eigenvalue weighted by atomic mass is 19.4. The molecule has 0 unspecified atom stereocenters. The molecule has 4 aliphatic rings. The second-order valence-electron chi connectivity index (χ2n) is 19.6. The normalized spacial score (nSPS) is 24.8. The maximum absolute atomic E-state index is 14.1. The molecule has 7 rings (SSSR count). The molecule has 394 valence electrons. The van der Waals surface area contributed by atoms with Gasteiger partial charge >= 0.3 is 6.18 Å². The fourth-order valence-electron chi connectivity index (χ4n) is 10.7. The van der Waals surface area contributed by atoms with Crippen LogP contribution in [-0.4, -0.2) is 162 Å². The van der Waals surface area contributed by atoms with Crippen molar-refractivity contribution >= 4 is 46.3 Å². The molecule has 5 amide bonds. The van der Waals surface area contributed by atoms with Gasteiger partial charge in [-0.25, -0.2) is 9.97 Å². The molecule has 0 spiro atoms. The highest BCUT2D eigenvalue weighted by Gasteiger charge is 2.45. The van der Waals surface area contributed by atoms with Crippen LogP contribution in [0.25, 0.3) is 10.9 Å². The summed E-state index contributed by atoms with van der Waals surface area (Å²) in [5, 5.41) is 12.7. The van der Waals surface area contributed by atoms with Gasteiger partial charge in [-0.3, -0.25) is 29.0 Å². The molecule has 1 aromatic carbocycles. The third kappa shape index (κ3) is 14.0. The van der Waals surface area contributed by atoms with Crippen LogP contribution in [0.15, 0.2) is 49.1 Å². The van der Waals surface area contributed by atoms with E-state index in [0.717, 1.165) is 24.1 Å². The highest BCUT2D eigenvalue weighted by molar-refractivity contribution is 5.93. The Kier molecular flexibility index (Phi) is 19.2. The van der Waals surface area contributed by atoms with E-state index in [9.17, 15) is 37.1 Å². The van der Waals surface area contributed by atoms with Crippen molar-refractivity contribution in [3.05, 3.63) is 60.2 Å². The maximum atomic E-state index is 14.1. The molecule has 2 aliphatic carbocycles. The van der Waals surface area contributed by atoms with E-state index in [1.54, 1.807) is 23.4 Å². The number of anilines is 1. The minimum atomic E-state index is -4.55. The van der Waals surface area contributed by atoms with E-state index < -0.39 is 23.7 Å². The lowest BCUT2D eigenvalue weighted by Crippen LogP contribution is -2.59. The summed E-state index contributed by atoms with van der Waals surface area (Å²) in [6.07, 6.45) is 5.59. The van der Waals surface area contributed by atoms with Crippen molar-refractivity contribution in [2.24, 2.45) is 11.8 Å². The lowest BCUT2D eigenvalue weighted by molar-refractivity contribution is -0.137. The number of benzene rings is 1. The number of ether oxygens (including phenoxy) is 3. The van der Waals surface area contributed by atoms with Gasteiger partial charge in [-0.15, -0.1) is 0 Å². The number of nitrogens with one attached hydrogen (secondary N) is 4. The topological polar surface area (TPSA) is 210 Å². The Hall–Kier alpha value is -5.51. The van der Waals surface area contributed by atoms with Gasteiger partial charge in [0.15, 0.2) is 0 Å². The number of carbonyl (C=O) groups excluding carboxylic acids is 5. The number of fused-ring (bicyclic) bond motifs is 1. The van der Waals surface area contributed by atoms with E-state index in [-0.39, 0.29) is 102 Å².